The van der Waals surface area contributed by atoms with Crippen LogP contribution in [-0.4, -0.2) is 13.7 Å². The van der Waals surface area contributed by atoms with E-state index in [-0.39, 0.29) is 0 Å². The SMILES string of the molecule is CC(C)S(=O)(=O)Nc1ccc(CNc2ccc(Cl)c(Cl)c2)cc1. The fourth-order valence-electron chi connectivity index (χ4n) is 1.78. The first kappa shape index (κ1) is 17.9. The third-order valence-electron chi connectivity index (χ3n) is 3.25. The van der Waals surface area contributed by atoms with E-state index in [1.165, 1.54) is 0 Å². The van der Waals surface area contributed by atoms with Crippen LogP contribution < -0.4 is 10.0 Å². The lowest BCUT2D eigenvalue weighted by atomic mass is 10.2. The highest BCUT2D eigenvalue weighted by atomic mass is 35.5. The number of benzene rings is 2. The van der Waals surface area contributed by atoms with Crippen LogP contribution in [0.1, 0.15) is 19.4 Å². The van der Waals surface area contributed by atoms with E-state index in [1.54, 1.807) is 38.1 Å². The summed E-state index contributed by atoms with van der Waals surface area (Å²) in [6, 6.07) is 12.5. The molecule has 0 aromatic heterocycles. The van der Waals surface area contributed by atoms with Crippen molar-refractivity contribution in [1.82, 2.24) is 0 Å². The number of rotatable bonds is 6. The third kappa shape index (κ3) is 5.03. The predicted octanol–water partition coefficient (Wildman–Crippen LogP) is 4.76. The Morgan fingerprint density at radius 3 is 2.13 bits per heavy atom. The zero-order valence-electron chi connectivity index (χ0n) is 12.8. The Hall–Kier alpha value is -1.43. The van der Waals surface area contributed by atoms with Crippen molar-refractivity contribution < 1.29 is 8.42 Å². The van der Waals surface area contributed by atoms with Crippen LogP contribution in [0.15, 0.2) is 42.5 Å². The van der Waals surface area contributed by atoms with E-state index in [9.17, 15) is 8.42 Å². The lowest BCUT2D eigenvalue weighted by Crippen LogP contribution is -2.22. The quantitative estimate of drug-likeness (QED) is 0.768. The minimum Gasteiger partial charge on any atom is -0.381 e. The third-order valence-corrected chi connectivity index (χ3v) is 5.75. The summed E-state index contributed by atoms with van der Waals surface area (Å²) in [5.41, 5.74) is 2.43. The first-order valence-corrected chi connectivity index (χ1v) is 9.37. The molecule has 2 N–H and O–H groups in total. The lowest BCUT2D eigenvalue weighted by Gasteiger charge is -2.12. The van der Waals surface area contributed by atoms with Crippen molar-refractivity contribution in [3.05, 3.63) is 58.1 Å². The van der Waals surface area contributed by atoms with Crippen LogP contribution in [0.25, 0.3) is 0 Å². The zero-order valence-corrected chi connectivity index (χ0v) is 15.1. The highest BCUT2D eigenvalue weighted by molar-refractivity contribution is 7.93. The molecular weight excluding hydrogens is 355 g/mol. The highest BCUT2D eigenvalue weighted by Gasteiger charge is 2.15. The predicted molar refractivity (Wildman–Crippen MR) is 97.9 cm³/mol. The summed E-state index contributed by atoms with van der Waals surface area (Å²) in [6.07, 6.45) is 0. The minimum absolute atomic E-state index is 0.474. The van der Waals surface area contributed by atoms with Crippen molar-refractivity contribution in [2.45, 2.75) is 25.6 Å². The molecule has 0 heterocycles. The van der Waals surface area contributed by atoms with E-state index < -0.39 is 15.3 Å². The Kier molecular flexibility index (Phi) is 5.79. The smallest absolute Gasteiger partial charge is 0.235 e. The zero-order chi connectivity index (χ0) is 17.0. The molecule has 0 saturated carbocycles. The second-order valence-electron chi connectivity index (χ2n) is 5.38. The van der Waals surface area contributed by atoms with Crippen LogP contribution in [0.4, 0.5) is 11.4 Å². The van der Waals surface area contributed by atoms with Crippen LogP contribution in [0.5, 0.6) is 0 Å². The molecule has 0 unspecified atom stereocenters. The summed E-state index contributed by atoms with van der Waals surface area (Å²) in [4.78, 5) is 0. The van der Waals surface area contributed by atoms with E-state index in [2.05, 4.69) is 10.0 Å². The molecule has 124 valence electrons. The molecule has 7 heteroatoms. The molecule has 2 rings (SSSR count). The molecular formula is C16H18Cl2N2O2S. The summed E-state index contributed by atoms with van der Waals surface area (Å²) in [7, 11) is -3.32. The van der Waals surface area contributed by atoms with Gasteiger partial charge in [0.2, 0.25) is 10.0 Å². The number of anilines is 2. The van der Waals surface area contributed by atoms with Crippen LogP contribution >= 0.6 is 23.2 Å². The van der Waals surface area contributed by atoms with Gasteiger partial charge in [0.25, 0.3) is 0 Å². The molecule has 4 nitrogen and oxygen atoms in total. The van der Waals surface area contributed by atoms with Gasteiger partial charge in [-0.25, -0.2) is 8.42 Å². The van der Waals surface area contributed by atoms with Crippen LogP contribution in [-0.2, 0) is 16.6 Å². The molecule has 0 amide bonds. The van der Waals surface area contributed by atoms with E-state index in [1.807, 2.05) is 18.2 Å². The summed E-state index contributed by atoms with van der Waals surface area (Å²) in [6.45, 7) is 3.87. The van der Waals surface area contributed by atoms with Crippen molar-refractivity contribution in [1.29, 1.82) is 0 Å². The monoisotopic (exact) mass is 372 g/mol. The molecule has 0 saturated heterocycles. The maximum atomic E-state index is 11.8. The molecule has 2 aromatic carbocycles. The van der Waals surface area contributed by atoms with Crippen molar-refractivity contribution in [2.75, 3.05) is 10.0 Å². The molecule has 0 bridgehead atoms. The van der Waals surface area contributed by atoms with E-state index >= 15 is 0 Å². The number of hydrogen-bond donors (Lipinski definition) is 2. The second kappa shape index (κ2) is 7.43. The van der Waals surface area contributed by atoms with Crippen molar-refractivity contribution >= 4 is 44.6 Å². The van der Waals surface area contributed by atoms with Gasteiger partial charge in [-0.3, -0.25) is 4.72 Å². The van der Waals surface area contributed by atoms with Crippen LogP contribution in [0.3, 0.4) is 0 Å². The molecule has 0 aliphatic carbocycles. The van der Waals surface area contributed by atoms with Crippen molar-refractivity contribution in [3.63, 3.8) is 0 Å². The molecule has 0 radical (unpaired) electrons. The van der Waals surface area contributed by atoms with Gasteiger partial charge >= 0.3 is 0 Å². The van der Waals surface area contributed by atoms with Crippen LogP contribution in [0, 0.1) is 0 Å². The summed E-state index contributed by atoms with van der Waals surface area (Å²) >= 11 is 11.8. The topological polar surface area (TPSA) is 58.2 Å². The van der Waals surface area contributed by atoms with Crippen molar-refractivity contribution in [3.8, 4) is 0 Å². The van der Waals surface area contributed by atoms with Gasteiger partial charge in [0.05, 0.1) is 15.3 Å². The summed E-state index contributed by atoms with van der Waals surface area (Å²) in [5, 5.41) is 3.77. The molecule has 0 aliphatic heterocycles. The largest absolute Gasteiger partial charge is 0.381 e. The highest BCUT2D eigenvalue weighted by Crippen LogP contribution is 2.25. The van der Waals surface area contributed by atoms with Crippen LogP contribution in [0.2, 0.25) is 10.0 Å². The first-order chi connectivity index (χ1) is 10.8. The molecule has 2 aromatic rings. The molecule has 23 heavy (non-hydrogen) atoms. The molecule has 0 fully saturated rings. The van der Waals surface area contributed by atoms with Gasteiger partial charge in [-0.05, 0) is 49.7 Å². The number of halogens is 2. The Morgan fingerprint density at radius 2 is 1.57 bits per heavy atom. The Morgan fingerprint density at radius 1 is 0.957 bits per heavy atom. The van der Waals surface area contributed by atoms with Gasteiger partial charge in [0, 0.05) is 17.9 Å². The number of sulfonamides is 1. The van der Waals surface area contributed by atoms with Gasteiger partial charge in [0.1, 0.15) is 0 Å². The van der Waals surface area contributed by atoms with Crippen molar-refractivity contribution in [2.24, 2.45) is 0 Å². The average Bonchev–Trinajstić information content (AvgIpc) is 2.49. The Bertz CT molecular complexity index is 775. The molecule has 0 atom stereocenters. The second-order valence-corrected chi connectivity index (χ2v) is 8.43. The number of hydrogen-bond acceptors (Lipinski definition) is 3. The fraction of sp³-hybridized carbons (Fsp3) is 0.250. The molecule has 0 spiro atoms. The van der Waals surface area contributed by atoms with E-state index in [0.29, 0.717) is 22.3 Å². The average molecular weight is 373 g/mol. The summed E-state index contributed by atoms with van der Waals surface area (Å²) < 4.78 is 26.2. The van der Waals surface area contributed by atoms with Gasteiger partial charge in [-0.15, -0.1) is 0 Å². The standard InChI is InChI=1S/C16H18Cl2N2O2S/c1-11(2)23(21,22)20-13-5-3-12(4-6-13)10-19-14-7-8-15(17)16(18)9-14/h3-9,11,19-20H,10H2,1-2H3. The minimum atomic E-state index is -3.32. The maximum absolute atomic E-state index is 11.8. The van der Waals surface area contributed by atoms with E-state index in [4.69, 9.17) is 23.2 Å². The lowest BCUT2D eigenvalue weighted by molar-refractivity contribution is 0.593. The van der Waals surface area contributed by atoms with Gasteiger partial charge in [-0.1, -0.05) is 35.3 Å². The number of nitrogens with one attached hydrogen (secondary N) is 2. The normalized spacial score (nSPS) is 11.5. The maximum Gasteiger partial charge on any atom is 0.235 e. The van der Waals surface area contributed by atoms with Gasteiger partial charge in [-0.2, -0.15) is 0 Å². The fourth-order valence-corrected chi connectivity index (χ4v) is 2.78. The Labute approximate surface area is 146 Å². The van der Waals surface area contributed by atoms with Gasteiger partial charge in [0.15, 0.2) is 0 Å². The van der Waals surface area contributed by atoms with E-state index in [0.717, 1.165) is 11.3 Å². The first-order valence-electron chi connectivity index (χ1n) is 7.07. The van der Waals surface area contributed by atoms with Gasteiger partial charge < -0.3 is 5.32 Å². The molecule has 0 aliphatic rings. The summed E-state index contributed by atoms with van der Waals surface area (Å²) in [5.74, 6) is 0. The Balaban J connectivity index is 1.99.